The molecule has 0 aliphatic carbocycles. The average molecular weight is 585 g/mol. The zero-order chi connectivity index (χ0) is 30.5. The lowest BCUT2D eigenvalue weighted by atomic mass is 9.78. The van der Waals surface area contributed by atoms with Gasteiger partial charge in [0.2, 0.25) is 0 Å². The molecule has 5 heteroatoms. The van der Waals surface area contributed by atoms with Gasteiger partial charge in [0.15, 0.2) is 8.32 Å². The number of phenols is 1. The highest BCUT2D eigenvalue weighted by Gasteiger charge is 2.46. The third kappa shape index (κ3) is 8.29. The molecule has 4 bridgehead atoms. The highest BCUT2D eigenvalue weighted by Crippen LogP contribution is 2.47. The number of benzene rings is 1. The van der Waals surface area contributed by atoms with E-state index in [9.17, 15) is 5.11 Å². The molecule has 1 aromatic carbocycles. The van der Waals surface area contributed by atoms with Crippen molar-refractivity contribution in [2.45, 2.75) is 131 Å². The molecule has 1 N–H and O–H groups in total. The Bertz CT molecular complexity index is 1040. The van der Waals surface area contributed by atoms with E-state index in [-0.39, 0.29) is 35.9 Å². The van der Waals surface area contributed by atoms with Crippen molar-refractivity contribution in [1.82, 2.24) is 0 Å². The number of aryl methyl sites for hydroxylation is 1. The van der Waals surface area contributed by atoms with Gasteiger partial charge in [-0.1, -0.05) is 73.6 Å². The topological polar surface area (TPSA) is 47.9 Å². The molecule has 0 spiro atoms. The molecule has 41 heavy (non-hydrogen) atoms. The molecule has 8 atom stereocenters. The first-order valence-corrected chi connectivity index (χ1v) is 19.0. The minimum absolute atomic E-state index is 0.0677. The third-order valence-electron chi connectivity index (χ3n) is 10.4. The lowest BCUT2D eigenvalue weighted by molar-refractivity contribution is -0.164. The molecular formula is C36H60O4Si. The Hall–Kier alpha value is -1.56. The van der Waals surface area contributed by atoms with Crippen LogP contribution in [0.2, 0.25) is 18.1 Å². The monoisotopic (exact) mass is 584 g/mol. The number of allylic oxidation sites excluding steroid dienone is 2. The number of hydrogen-bond donors (Lipinski definition) is 1. The van der Waals surface area contributed by atoms with Gasteiger partial charge in [0.05, 0.1) is 18.3 Å². The van der Waals surface area contributed by atoms with Gasteiger partial charge in [-0.3, -0.25) is 0 Å². The van der Waals surface area contributed by atoms with E-state index in [1.54, 1.807) is 0 Å². The molecule has 0 saturated carbocycles. The van der Waals surface area contributed by atoms with Crippen molar-refractivity contribution >= 4 is 8.32 Å². The quantitative estimate of drug-likeness (QED) is 0.276. The van der Waals surface area contributed by atoms with Gasteiger partial charge >= 0.3 is 0 Å². The van der Waals surface area contributed by atoms with Crippen LogP contribution in [0.25, 0.3) is 0 Å². The molecule has 1 saturated heterocycles. The minimum atomic E-state index is -1.85. The first-order valence-electron chi connectivity index (χ1n) is 16.5. The molecule has 0 radical (unpaired) electrons. The number of ether oxygens (including phenoxy) is 2. The summed E-state index contributed by atoms with van der Waals surface area (Å²) >= 11 is 0. The highest BCUT2D eigenvalue weighted by molar-refractivity contribution is 6.73. The van der Waals surface area contributed by atoms with Crippen molar-refractivity contribution in [3.8, 4) is 11.5 Å². The predicted octanol–water partition coefficient (Wildman–Crippen LogP) is 10.2. The molecule has 4 nitrogen and oxygen atoms in total. The Morgan fingerprint density at radius 2 is 1.63 bits per heavy atom. The van der Waals surface area contributed by atoms with Crippen molar-refractivity contribution in [3.63, 3.8) is 0 Å². The smallest absolute Gasteiger partial charge is 0.192 e. The van der Waals surface area contributed by atoms with E-state index >= 15 is 0 Å². The normalized spacial score (nSPS) is 33.7. The van der Waals surface area contributed by atoms with E-state index in [2.05, 4.69) is 75.0 Å². The van der Waals surface area contributed by atoms with Gasteiger partial charge in [-0.05, 0) is 98.7 Å². The first-order chi connectivity index (χ1) is 19.3. The molecule has 2 aliphatic rings. The average Bonchev–Trinajstić information content (AvgIpc) is 2.92. The van der Waals surface area contributed by atoms with Gasteiger partial charge in [-0.2, -0.15) is 0 Å². The number of hydrogen-bond acceptors (Lipinski definition) is 4. The largest absolute Gasteiger partial charge is 0.508 e. The van der Waals surface area contributed by atoms with Crippen LogP contribution < -0.4 is 4.74 Å². The van der Waals surface area contributed by atoms with Crippen LogP contribution in [0.15, 0.2) is 35.9 Å². The fourth-order valence-electron chi connectivity index (χ4n) is 7.34. The summed E-state index contributed by atoms with van der Waals surface area (Å²) in [4.78, 5) is 0. The summed E-state index contributed by atoms with van der Waals surface area (Å²) < 4.78 is 20.6. The van der Waals surface area contributed by atoms with Crippen LogP contribution in [0.5, 0.6) is 11.5 Å². The maximum absolute atomic E-state index is 11.3. The van der Waals surface area contributed by atoms with Crippen molar-refractivity contribution in [3.05, 3.63) is 47.1 Å². The first kappa shape index (κ1) is 33.9. The third-order valence-corrected chi connectivity index (χ3v) is 15.0. The zero-order valence-corrected chi connectivity index (χ0v) is 28.9. The van der Waals surface area contributed by atoms with Crippen molar-refractivity contribution in [2.24, 2.45) is 29.6 Å². The summed E-state index contributed by atoms with van der Waals surface area (Å²) in [5, 5.41) is 11.3. The Labute approximate surface area is 253 Å². The fraction of sp³-hybridized carbons (Fsp3) is 0.722. The maximum atomic E-state index is 11.3. The second-order valence-corrected chi connectivity index (χ2v) is 18.5. The van der Waals surface area contributed by atoms with E-state index < -0.39 is 8.32 Å². The summed E-state index contributed by atoms with van der Waals surface area (Å²) in [7, 11) is -1.85. The summed E-state index contributed by atoms with van der Waals surface area (Å²) in [6.45, 7) is 27.6. The summed E-state index contributed by atoms with van der Waals surface area (Å²) in [5.74, 6) is 2.95. The van der Waals surface area contributed by atoms with Gasteiger partial charge in [0, 0.05) is 17.4 Å². The molecular weight excluding hydrogens is 524 g/mol. The summed E-state index contributed by atoms with van der Waals surface area (Å²) in [6.07, 6.45) is 6.67. The van der Waals surface area contributed by atoms with E-state index in [0.29, 0.717) is 24.4 Å². The molecule has 1 fully saturated rings. The summed E-state index contributed by atoms with van der Waals surface area (Å²) in [5.41, 5.74) is 4.34. The van der Waals surface area contributed by atoms with Crippen LogP contribution in [0.3, 0.4) is 0 Å². The van der Waals surface area contributed by atoms with E-state index in [1.165, 1.54) is 5.57 Å². The minimum Gasteiger partial charge on any atom is -0.508 e. The number of rotatable bonds is 5. The zero-order valence-electron chi connectivity index (χ0n) is 27.9. The van der Waals surface area contributed by atoms with Crippen LogP contribution >= 0.6 is 0 Å². The summed E-state index contributed by atoms with van der Waals surface area (Å²) in [6, 6.07) is 7.25. The lowest BCUT2D eigenvalue weighted by Gasteiger charge is -2.48. The second-order valence-electron chi connectivity index (χ2n) is 13.8. The molecule has 3 rings (SSSR count). The van der Waals surface area contributed by atoms with E-state index in [0.717, 1.165) is 66.3 Å². The van der Waals surface area contributed by atoms with Gasteiger partial charge in [0.25, 0.3) is 0 Å². The Morgan fingerprint density at radius 1 is 0.976 bits per heavy atom. The molecule has 0 unspecified atom stereocenters. The lowest BCUT2D eigenvalue weighted by Crippen LogP contribution is -2.52. The molecule has 2 aliphatic heterocycles. The molecule has 2 heterocycles. The Kier molecular flexibility index (Phi) is 12.2. The van der Waals surface area contributed by atoms with Crippen LogP contribution in [0, 0.1) is 36.5 Å². The number of aromatic hydroxyl groups is 1. The SMILES string of the molecule is C=C1COc2cc(c(O)cc2C)[C@H]2O[C@@H](CC[C@@H](C)/C=C(\C)C[C@H](C)C[C@H]1C)[C@@H](C)[C@@H](O[Si](CC)(CC)CC)[C@@H]2C. The van der Waals surface area contributed by atoms with Gasteiger partial charge in [-0.25, -0.2) is 0 Å². The fourth-order valence-corrected chi connectivity index (χ4v) is 10.3. The molecule has 0 aromatic heterocycles. The Morgan fingerprint density at radius 3 is 2.27 bits per heavy atom. The van der Waals surface area contributed by atoms with Crippen LogP contribution in [-0.4, -0.2) is 32.2 Å². The standard InChI is InChI=1S/C36H60O4Si/c1-12-41(13-2,14-3)40-35-29(10)33-16-15-23(4)17-24(5)18-25(6)19-26(7)28(9)22-38-34-21-31(32(37)20-27(34)8)36(39-33)30(35)11/h17,20-21,23,25-26,29-30,33,35-37H,9,12-16,18-19,22H2,1-8,10-11H3/b24-17+/t23-,25+,26-,29-,30+,33+,35-,36+/m1/s1. The van der Waals surface area contributed by atoms with Gasteiger partial charge < -0.3 is 19.0 Å². The van der Waals surface area contributed by atoms with Crippen molar-refractivity contribution in [2.75, 3.05) is 6.61 Å². The van der Waals surface area contributed by atoms with Gasteiger partial charge in [-0.15, -0.1) is 0 Å². The van der Waals surface area contributed by atoms with Gasteiger partial charge in [0.1, 0.15) is 18.1 Å². The molecule has 1 aromatic rings. The molecule has 0 amide bonds. The second kappa shape index (κ2) is 14.7. The van der Waals surface area contributed by atoms with Crippen molar-refractivity contribution < 1.29 is 19.0 Å². The number of phenolic OH excluding ortho intramolecular Hbond substituents is 1. The number of fused-ring (bicyclic) bond motifs is 5. The van der Waals surface area contributed by atoms with Crippen LogP contribution in [-0.2, 0) is 9.16 Å². The molecule has 232 valence electrons. The maximum Gasteiger partial charge on any atom is 0.192 e. The van der Waals surface area contributed by atoms with E-state index in [4.69, 9.17) is 13.9 Å². The van der Waals surface area contributed by atoms with Crippen LogP contribution in [0.1, 0.15) is 105 Å². The van der Waals surface area contributed by atoms with E-state index in [1.807, 2.05) is 19.1 Å². The van der Waals surface area contributed by atoms with Crippen molar-refractivity contribution in [1.29, 1.82) is 0 Å². The predicted molar refractivity (Wildman–Crippen MR) is 175 cm³/mol. The highest BCUT2D eigenvalue weighted by atomic mass is 28.4. The van der Waals surface area contributed by atoms with Crippen LogP contribution in [0.4, 0.5) is 0 Å². The Balaban J connectivity index is 2.05.